The van der Waals surface area contributed by atoms with E-state index < -0.39 is 6.10 Å². The normalized spacial score (nSPS) is 35.0. The van der Waals surface area contributed by atoms with Crippen molar-refractivity contribution in [2.75, 3.05) is 19.6 Å². The number of halogens is 1. The Morgan fingerprint density at radius 2 is 1.84 bits per heavy atom. The van der Waals surface area contributed by atoms with Crippen LogP contribution in [0.3, 0.4) is 0 Å². The molecule has 1 aliphatic carbocycles. The number of benzene rings is 1. The summed E-state index contributed by atoms with van der Waals surface area (Å²) in [5.74, 6) is 0.0370. The Morgan fingerprint density at radius 1 is 1.12 bits per heavy atom. The SMILES string of the molecule is Cl.O=C(OC1CN2CCC1CC2)C(c1ccccc1)C1CCCC1O. The van der Waals surface area contributed by atoms with Gasteiger partial charge in [0.2, 0.25) is 0 Å². The van der Waals surface area contributed by atoms with Crippen LogP contribution < -0.4 is 0 Å². The van der Waals surface area contributed by atoms with Crippen molar-refractivity contribution in [1.29, 1.82) is 0 Å². The number of carbonyl (C=O) groups excluding carboxylic acids is 1. The molecular formula is C20H28ClNO3. The molecule has 1 aromatic carbocycles. The quantitative estimate of drug-likeness (QED) is 0.833. The Kier molecular flexibility index (Phi) is 6.03. The molecule has 4 fully saturated rings. The van der Waals surface area contributed by atoms with Crippen molar-refractivity contribution in [3.63, 3.8) is 0 Å². The lowest BCUT2D eigenvalue weighted by Gasteiger charge is -2.44. The maximum atomic E-state index is 13.1. The Hall–Kier alpha value is -1.10. The van der Waals surface area contributed by atoms with Gasteiger partial charge in [0.25, 0.3) is 0 Å². The number of rotatable bonds is 4. The first-order chi connectivity index (χ1) is 11.7. The number of piperidine rings is 3. The van der Waals surface area contributed by atoms with Gasteiger partial charge < -0.3 is 9.84 Å². The van der Waals surface area contributed by atoms with Crippen molar-refractivity contribution in [3.8, 4) is 0 Å². The van der Waals surface area contributed by atoms with Gasteiger partial charge >= 0.3 is 5.97 Å². The van der Waals surface area contributed by atoms with E-state index in [-0.39, 0.29) is 36.3 Å². The molecule has 4 atom stereocenters. The molecule has 0 amide bonds. The zero-order valence-electron chi connectivity index (χ0n) is 14.5. The first-order valence-corrected chi connectivity index (χ1v) is 9.38. The Labute approximate surface area is 156 Å². The number of aliphatic hydroxyl groups is 1. The number of ether oxygens (including phenoxy) is 1. The predicted molar refractivity (Wildman–Crippen MR) is 98.8 cm³/mol. The third kappa shape index (κ3) is 3.86. The molecule has 4 aliphatic rings. The summed E-state index contributed by atoms with van der Waals surface area (Å²) in [6.07, 6.45) is 4.60. The van der Waals surface area contributed by atoms with E-state index in [1.165, 1.54) is 0 Å². The maximum Gasteiger partial charge on any atom is 0.314 e. The lowest BCUT2D eigenvalue weighted by Crippen LogP contribution is -2.52. The fourth-order valence-electron chi connectivity index (χ4n) is 4.84. The Bertz CT molecular complexity index is 574. The maximum absolute atomic E-state index is 13.1. The molecule has 2 bridgehead atoms. The van der Waals surface area contributed by atoms with E-state index in [4.69, 9.17) is 4.74 Å². The van der Waals surface area contributed by atoms with Crippen LogP contribution in [0.1, 0.15) is 43.6 Å². The summed E-state index contributed by atoms with van der Waals surface area (Å²) < 4.78 is 6.01. The van der Waals surface area contributed by atoms with Crippen molar-refractivity contribution in [3.05, 3.63) is 35.9 Å². The molecule has 1 saturated carbocycles. The molecule has 25 heavy (non-hydrogen) atoms. The summed E-state index contributed by atoms with van der Waals surface area (Å²) in [5.41, 5.74) is 0.981. The van der Waals surface area contributed by atoms with Crippen LogP contribution in [0.4, 0.5) is 0 Å². The van der Waals surface area contributed by atoms with Crippen LogP contribution in [0, 0.1) is 11.8 Å². The summed E-state index contributed by atoms with van der Waals surface area (Å²) in [4.78, 5) is 15.5. The van der Waals surface area contributed by atoms with E-state index >= 15 is 0 Å². The Balaban J connectivity index is 0.00000182. The summed E-state index contributed by atoms with van der Waals surface area (Å²) in [6, 6.07) is 9.88. The van der Waals surface area contributed by atoms with Crippen molar-refractivity contribution < 1.29 is 14.6 Å². The number of carbonyl (C=O) groups is 1. The molecule has 5 rings (SSSR count). The number of hydrogen-bond acceptors (Lipinski definition) is 4. The zero-order chi connectivity index (χ0) is 16.5. The highest BCUT2D eigenvalue weighted by Crippen LogP contribution is 2.39. The van der Waals surface area contributed by atoms with Gasteiger partial charge in [-0.05, 0) is 50.3 Å². The largest absolute Gasteiger partial charge is 0.460 e. The van der Waals surface area contributed by atoms with Gasteiger partial charge in [-0.3, -0.25) is 9.69 Å². The van der Waals surface area contributed by atoms with E-state index in [1.807, 2.05) is 30.3 Å². The van der Waals surface area contributed by atoms with Crippen LogP contribution >= 0.6 is 12.4 Å². The molecule has 1 N–H and O–H groups in total. The molecule has 0 radical (unpaired) electrons. The van der Waals surface area contributed by atoms with Gasteiger partial charge in [-0.15, -0.1) is 12.4 Å². The highest BCUT2D eigenvalue weighted by Gasteiger charge is 2.42. The van der Waals surface area contributed by atoms with Crippen molar-refractivity contribution in [2.45, 2.75) is 50.2 Å². The summed E-state index contributed by atoms with van der Waals surface area (Å²) >= 11 is 0. The molecule has 0 spiro atoms. The second-order valence-corrected chi connectivity index (χ2v) is 7.66. The molecule has 4 unspecified atom stereocenters. The van der Waals surface area contributed by atoms with E-state index in [0.29, 0.717) is 5.92 Å². The highest BCUT2D eigenvalue weighted by molar-refractivity contribution is 5.85. The molecule has 4 nitrogen and oxygen atoms in total. The molecule has 1 aromatic rings. The van der Waals surface area contributed by atoms with E-state index in [1.54, 1.807) is 0 Å². The first-order valence-electron chi connectivity index (χ1n) is 9.38. The van der Waals surface area contributed by atoms with E-state index in [0.717, 1.165) is 57.3 Å². The van der Waals surface area contributed by atoms with Crippen LogP contribution in [0.2, 0.25) is 0 Å². The minimum Gasteiger partial charge on any atom is -0.460 e. The molecule has 0 aromatic heterocycles. The van der Waals surface area contributed by atoms with Gasteiger partial charge in [0, 0.05) is 12.5 Å². The summed E-state index contributed by atoms with van der Waals surface area (Å²) in [6.45, 7) is 3.16. The second-order valence-electron chi connectivity index (χ2n) is 7.66. The number of fused-ring (bicyclic) bond motifs is 3. The van der Waals surface area contributed by atoms with Crippen LogP contribution in [0.25, 0.3) is 0 Å². The fraction of sp³-hybridized carbons (Fsp3) is 0.650. The fourth-order valence-corrected chi connectivity index (χ4v) is 4.84. The molecule has 3 aliphatic heterocycles. The third-order valence-corrected chi connectivity index (χ3v) is 6.24. The zero-order valence-corrected chi connectivity index (χ0v) is 15.4. The van der Waals surface area contributed by atoms with E-state index in [2.05, 4.69) is 4.90 Å². The first kappa shape index (κ1) is 18.7. The van der Waals surface area contributed by atoms with Gasteiger partial charge in [0.05, 0.1) is 12.0 Å². The van der Waals surface area contributed by atoms with E-state index in [9.17, 15) is 9.90 Å². The van der Waals surface area contributed by atoms with Crippen LogP contribution in [0.5, 0.6) is 0 Å². The minimum atomic E-state index is -0.394. The number of hydrogen-bond donors (Lipinski definition) is 1. The van der Waals surface area contributed by atoms with Gasteiger partial charge in [-0.1, -0.05) is 36.8 Å². The number of esters is 1. The van der Waals surface area contributed by atoms with Crippen LogP contribution in [0.15, 0.2) is 30.3 Å². The third-order valence-electron chi connectivity index (χ3n) is 6.24. The van der Waals surface area contributed by atoms with Gasteiger partial charge in [-0.25, -0.2) is 0 Å². The van der Waals surface area contributed by atoms with Crippen LogP contribution in [-0.2, 0) is 9.53 Å². The average molecular weight is 366 g/mol. The van der Waals surface area contributed by atoms with Gasteiger partial charge in [0.15, 0.2) is 0 Å². The highest BCUT2D eigenvalue weighted by atomic mass is 35.5. The van der Waals surface area contributed by atoms with Crippen molar-refractivity contribution in [2.24, 2.45) is 11.8 Å². The Morgan fingerprint density at radius 3 is 2.40 bits per heavy atom. The average Bonchev–Trinajstić information content (AvgIpc) is 3.03. The van der Waals surface area contributed by atoms with Crippen molar-refractivity contribution in [1.82, 2.24) is 4.90 Å². The lowest BCUT2D eigenvalue weighted by molar-refractivity contribution is -0.163. The predicted octanol–water partition coefficient (Wildman–Crippen LogP) is 2.99. The molecule has 138 valence electrons. The smallest absolute Gasteiger partial charge is 0.314 e. The second kappa shape index (κ2) is 8.07. The molecule has 3 saturated heterocycles. The molecule has 5 heteroatoms. The van der Waals surface area contributed by atoms with Gasteiger partial charge in [0.1, 0.15) is 6.10 Å². The topological polar surface area (TPSA) is 49.8 Å². The molecular weight excluding hydrogens is 338 g/mol. The van der Waals surface area contributed by atoms with Crippen molar-refractivity contribution >= 4 is 18.4 Å². The number of aliphatic hydroxyl groups excluding tert-OH is 1. The lowest BCUT2D eigenvalue weighted by atomic mass is 9.82. The number of nitrogens with zero attached hydrogens (tertiary/aromatic N) is 1. The summed E-state index contributed by atoms with van der Waals surface area (Å²) in [5, 5.41) is 10.4. The summed E-state index contributed by atoms with van der Waals surface area (Å²) in [7, 11) is 0. The monoisotopic (exact) mass is 365 g/mol. The standard InChI is InChI=1S/C20H27NO3.ClH/c22-17-8-4-7-16(17)19(15-5-2-1-3-6-15)20(23)24-18-13-21-11-9-14(18)10-12-21;/h1-3,5-6,14,16-19,22H,4,7-13H2;1H. The minimum absolute atomic E-state index is 0. The van der Waals surface area contributed by atoms with Crippen LogP contribution in [-0.4, -0.2) is 47.8 Å². The molecule has 3 heterocycles. The van der Waals surface area contributed by atoms with Gasteiger partial charge in [-0.2, -0.15) is 0 Å².